The Bertz CT molecular complexity index is 345. The number of methoxy groups -OCH3 is 1. The summed E-state index contributed by atoms with van der Waals surface area (Å²) in [5, 5.41) is 3.44. The normalized spacial score (nSPS) is 10.9. The molecule has 0 aliphatic rings. The summed E-state index contributed by atoms with van der Waals surface area (Å²) in [4.78, 5) is 0. The van der Waals surface area contributed by atoms with E-state index in [9.17, 15) is 0 Å². The van der Waals surface area contributed by atoms with Crippen molar-refractivity contribution in [2.24, 2.45) is 0 Å². The van der Waals surface area contributed by atoms with Crippen LogP contribution in [0.2, 0.25) is 0 Å². The van der Waals surface area contributed by atoms with Gasteiger partial charge in [0.05, 0.1) is 7.11 Å². The predicted octanol–water partition coefficient (Wildman–Crippen LogP) is 2.85. The number of rotatable bonds is 5. The molecule has 1 aromatic carbocycles. The SMILES string of the molecule is COc1cc(C)c(CCNC(C)C)cc1C. The summed E-state index contributed by atoms with van der Waals surface area (Å²) in [6.07, 6.45) is 1.08. The van der Waals surface area contributed by atoms with Crippen LogP contribution in [0, 0.1) is 13.8 Å². The van der Waals surface area contributed by atoms with Gasteiger partial charge in [-0.25, -0.2) is 0 Å². The van der Waals surface area contributed by atoms with Gasteiger partial charge in [0.1, 0.15) is 5.75 Å². The lowest BCUT2D eigenvalue weighted by molar-refractivity contribution is 0.411. The first-order chi connectivity index (χ1) is 7.54. The number of hydrogen-bond donors (Lipinski definition) is 1. The number of hydrogen-bond acceptors (Lipinski definition) is 2. The molecule has 0 aromatic heterocycles. The number of ether oxygens (including phenoxy) is 1. The molecule has 0 saturated heterocycles. The van der Waals surface area contributed by atoms with E-state index in [0.717, 1.165) is 18.7 Å². The molecule has 0 atom stereocenters. The Morgan fingerprint density at radius 2 is 1.88 bits per heavy atom. The van der Waals surface area contributed by atoms with Crippen molar-refractivity contribution in [2.75, 3.05) is 13.7 Å². The van der Waals surface area contributed by atoms with Crippen LogP contribution < -0.4 is 10.1 Å². The fourth-order valence-corrected chi connectivity index (χ4v) is 1.83. The maximum Gasteiger partial charge on any atom is 0.122 e. The van der Waals surface area contributed by atoms with Crippen molar-refractivity contribution in [3.05, 3.63) is 28.8 Å². The fourth-order valence-electron chi connectivity index (χ4n) is 1.83. The summed E-state index contributed by atoms with van der Waals surface area (Å²) in [5.41, 5.74) is 3.94. The Morgan fingerprint density at radius 3 is 2.44 bits per heavy atom. The van der Waals surface area contributed by atoms with Crippen molar-refractivity contribution in [1.82, 2.24) is 5.32 Å². The van der Waals surface area contributed by atoms with E-state index in [-0.39, 0.29) is 0 Å². The summed E-state index contributed by atoms with van der Waals surface area (Å²) >= 11 is 0. The fraction of sp³-hybridized carbons (Fsp3) is 0.571. The first-order valence-electron chi connectivity index (χ1n) is 5.92. The molecule has 2 heteroatoms. The minimum absolute atomic E-state index is 0.555. The van der Waals surface area contributed by atoms with Gasteiger partial charge in [-0.3, -0.25) is 0 Å². The average Bonchev–Trinajstić information content (AvgIpc) is 2.22. The molecule has 0 aliphatic heterocycles. The van der Waals surface area contributed by atoms with Crippen molar-refractivity contribution >= 4 is 0 Å². The first kappa shape index (κ1) is 13.0. The molecule has 1 aromatic rings. The van der Waals surface area contributed by atoms with Gasteiger partial charge < -0.3 is 10.1 Å². The minimum Gasteiger partial charge on any atom is -0.496 e. The van der Waals surface area contributed by atoms with E-state index in [1.54, 1.807) is 7.11 Å². The largest absolute Gasteiger partial charge is 0.496 e. The molecule has 0 saturated carbocycles. The molecule has 16 heavy (non-hydrogen) atoms. The second-order valence-electron chi connectivity index (χ2n) is 4.61. The van der Waals surface area contributed by atoms with Gasteiger partial charge in [0, 0.05) is 6.04 Å². The minimum atomic E-state index is 0.555. The third-order valence-corrected chi connectivity index (χ3v) is 2.80. The van der Waals surface area contributed by atoms with E-state index in [1.165, 1.54) is 16.7 Å². The van der Waals surface area contributed by atoms with Crippen molar-refractivity contribution in [3.8, 4) is 5.75 Å². The van der Waals surface area contributed by atoms with Crippen LogP contribution in [0.25, 0.3) is 0 Å². The molecule has 0 spiro atoms. The molecular weight excluding hydrogens is 198 g/mol. The Kier molecular flexibility index (Phi) is 4.81. The quantitative estimate of drug-likeness (QED) is 0.825. The molecule has 0 unspecified atom stereocenters. The molecule has 1 N–H and O–H groups in total. The van der Waals surface area contributed by atoms with Gasteiger partial charge in [-0.15, -0.1) is 0 Å². The summed E-state index contributed by atoms with van der Waals surface area (Å²) in [6.45, 7) is 9.62. The van der Waals surface area contributed by atoms with Gasteiger partial charge in [0.2, 0.25) is 0 Å². The van der Waals surface area contributed by atoms with Gasteiger partial charge in [0.25, 0.3) is 0 Å². The molecule has 90 valence electrons. The van der Waals surface area contributed by atoms with Gasteiger partial charge in [-0.2, -0.15) is 0 Å². The van der Waals surface area contributed by atoms with E-state index in [1.807, 2.05) is 0 Å². The summed E-state index contributed by atoms with van der Waals surface area (Å²) < 4.78 is 5.31. The van der Waals surface area contributed by atoms with Crippen molar-refractivity contribution in [2.45, 2.75) is 40.2 Å². The summed E-state index contributed by atoms with van der Waals surface area (Å²) in [6, 6.07) is 4.91. The van der Waals surface area contributed by atoms with Gasteiger partial charge in [-0.05, 0) is 49.6 Å². The predicted molar refractivity (Wildman–Crippen MR) is 69.3 cm³/mol. The Balaban J connectivity index is 2.70. The second kappa shape index (κ2) is 5.90. The second-order valence-corrected chi connectivity index (χ2v) is 4.61. The van der Waals surface area contributed by atoms with Crippen LogP contribution in [0.1, 0.15) is 30.5 Å². The van der Waals surface area contributed by atoms with Crippen molar-refractivity contribution in [3.63, 3.8) is 0 Å². The van der Waals surface area contributed by atoms with Crippen LogP contribution in [0.5, 0.6) is 5.75 Å². The van der Waals surface area contributed by atoms with Crippen LogP contribution in [0.4, 0.5) is 0 Å². The molecule has 0 fully saturated rings. The Hall–Kier alpha value is -1.02. The molecule has 0 aliphatic carbocycles. The highest BCUT2D eigenvalue weighted by molar-refractivity contribution is 5.41. The maximum atomic E-state index is 5.31. The van der Waals surface area contributed by atoms with E-state index < -0.39 is 0 Å². The molecule has 1 rings (SSSR count). The van der Waals surface area contributed by atoms with E-state index in [0.29, 0.717) is 6.04 Å². The molecule has 0 amide bonds. The van der Waals surface area contributed by atoms with Crippen LogP contribution in [-0.4, -0.2) is 19.7 Å². The van der Waals surface area contributed by atoms with Crippen LogP contribution >= 0.6 is 0 Å². The zero-order chi connectivity index (χ0) is 12.1. The number of nitrogens with one attached hydrogen (secondary N) is 1. The van der Waals surface area contributed by atoms with E-state index >= 15 is 0 Å². The third kappa shape index (κ3) is 3.53. The first-order valence-corrected chi connectivity index (χ1v) is 5.92. The standard InChI is InChI=1S/C14H23NO/c1-10(2)15-7-6-13-8-12(4)14(16-5)9-11(13)3/h8-10,15H,6-7H2,1-5H3. The van der Waals surface area contributed by atoms with Crippen LogP contribution in [0.15, 0.2) is 12.1 Å². The number of aryl methyl sites for hydroxylation is 2. The summed E-state index contributed by atoms with van der Waals surface area (Å²) in [5.74, 6) is 0.984. The highest BCUT2D eigenvalue weighted by Crippen LogP contribution is 2.22. The molecule has 0 heterocycles. The van der Waals surface area contributed by atoms with Crippen molar-refractivity contribution in [1.29, 1.82) is 0 Å². The molecular formula is C14H23NO. The van der Waals surface area contributed by atoms with Crippen molar-refractivity contribution < 1.29 is 4.74 Å². The smallest absolute Gasteiger partial charge is 0.122 e. The monoisotopic (exact) mass is 221 g/mol. The van der Waals surface area contributed by atoms with Gasteiger partial charge >= 0.3 is 0 Å². The Labute approximate surface area is 99.0 Å². The lowest BCUT2D eigenvalue weighted by Crippen LogP contribution is -2.25. The highest BCUT2D eigenvalue weighted by Gasteiger charge is 2.04. The van der Waals surface area contributed by atoms with E-state index in [4.69, 9.17) is 4.74 Å². The molecule has 2 nitrogen and oxygen atoms in total. The maximum absolute atomic E-state index is 5.31. The van der Waals surface area contributed by atoms with E-state index in [2.05, 4.69) is 45.1 Å². The van der Waals surface area contributed by atoms with Crippen LogP contribution in [0.3, 0.4) is 0 Å². The Morgan fingerprint density at radius 1 is 1.19 bits per heavy atom. The molecule has 0 radical (unpaired) electrons. The third-order valence-electron chi connectivity index (χ3n) is 2.80. The van der Waals surface area contributed by atoms with Crippen LogP contribution in [-0.2, 0) is 6.42 Å². The lowest BCUT2D eigenvalue weighted by atomic mass is 10.0. The zero-order valence-electron chi connectivity index (χ0n) is 11.1. The highest BCUT2D eigenvalue weighted by atomic mass is 16.5. The van der Waals surface area contributed by atoms with Gasteiger partial charge in [-0.1, -0.05) is 19.9 Å². The summed E-state index contributed by atoms with van der Waals surface area (Å²) in [7, 11) is 1.72. The topological polar surface area (TPSA) is 21.3 Å². The molecule has 0 bridgehead atoms. The lowest BCUT2D eigenvalue weighted by Gasteiger charge is -2.13. The number of benzene rings is 1. The zero-order valence-corrected chi connectivity index (χ0v) is 11.1. The van der Waals surface area contributed by atoms with Gasteiger partial charge in [0.15, 0.2) is 0 Å². The average molecular weight is 221 g/mol.